The molecule has 3 rings (SSSR count). The molecule has 0 amide bonds. The predicted molar refractivity (Wildman–Crippen MR) is 91.6 cm³/mol. The molecule has 1 atom stereocenters. The van der Waals surface area contributed by atoms with Crippen molar-refractivity contribution in [1.29, 1.82) is 0 Å². The number of nitrogens with zero attached hydrogens (tertiary/aromatic N) is 3. The van der Waals surface area contributed by atoms with Crippen molar-refractivity contribution in [2.75, 3.05) is 11.5 Å². The molecule has 24 heavy (non-hydrogen) atoms. The SMILES string of the molecule is Cc1nn([C@H]2CCS(=O)(=O)C2)c(C)c1/C=C/C(=O)c1cccnc1. The highest BCUT2D eigenvalue weighted by atomic mass is 32.2. The number of sulfone groups is 1. The van der Waals surface area contributed by atoms with Crippen LogP contribution in [0.25, 0.3) is 6.08 Å². The lowest BCUT2D eigenvalue weighted by atomic mass is 10.1. The zero-order valence-electron chi connectivity index (χ0n) is 13.6. The topological polar surface area (TPSA) is 81.9 Å². The number of hydrogen-bond donors (Lipinski definition) is 0. The van der Waals surface area contributed by atoms with Crippen LogP contribution >= 0.6 is 0 Å². The van der Waals surface area contributed by atoms with Crippen LogP contribution in [0.15, 0.2) is 30.6 Å². The number of rotatable bonds is 4. The molecule has 0 N–H and O–H groups in total. The highest BCUT2D eigenvalue weighted by molar-refractivity contribution is 7.91. The molecule has 0 radical (unpaired) electrons. The number of aryl methyl sites for hydroxylation is 1. The lowest BCUT2D eigenvalue weighted by Crippen LogP contribution is -2.13. The molecule has 1 saturated heterocycles. The van der Waals surface area contributed by atoms with Crippen LogP contribution in [-0.4, -0.2) is 40.5 Å². The minimum absolute atomic E-state index is 0.120. The van der Waals surface area contributed by atoms with Gasteiger partial charge >= 0.3 is 0 Å². The highest BCUT2D eigenvalue weighted by Gasteiger charge is 2.31. The summed E-state index contributed by atoms with van der Waals surface area (Å²) in [6.07, 6.45) is 6.98. The van der Waals surface area contributed by atoms with E-state index >= 15 is 0 Å². The maximum atomic E-state index is 12.2. The summed E-state index contributed by atoms with van der Waals surface area (Å²) in [7, 11) is -2.97. The second-order valence-electron chi connectivity index (χ2n) is 6.03. The Hall–Kier alpha value is -2.28. The normalized spacial score (nSPS) is 19.8. The summed E-state index contributed by atoms with van der Waals surface area (Å²) < 4.78 is 25.2. The number of allylic oxidation sites excluding steroid dienone is 1. The Kier molecular flexibility index (Phi) is 4.36. The number of aromatic nitrogens is 3. The lowest BCUT2D eigenvalue weighted by Gasteiger charge is -2.10. The molecule has 2 aromatic rings. The van der Waals surface area contributed by atoms with Gasteiger partial charge in [-0.05, 0) is 44.6 Å². The molecule has 0 unspecified atom stereocenters. The minimum atomic E-state index is -2.97. The van der Waals surface area contributed by atoms with Gasteiger partial charge in [0.05, 0.1) is 23.2 Å². The van der Waals surface area contributed by atoms with Crippen molar-refractivity contribution in [3.63, 3.8) is 0 Å². The number of carbonyl (C=O) groups excluding carboxylic acids is 1. The highest BCUT2D eigenvalue weighted by Crippen LogP contribution is 2.27. The van der Waals surface area contributed by atoms with Gasteiger partial charge in [-0.1, -0.05) is 0 Å². The maximum absolute atomic E-state index is 12.2. The first-order chi connectivity index (χ1) is 11.4. The lowest BCUT2D eigenvalue weighted by molar-refractivity contribution is 0.104. The first-order valence-corrected chi connectivity index (χ1v) is 9.58. The Balaban J connectivity index is 1.85. The average molecular weight is 345 g/mol. The van der Waals surface area contributed by atoms with E-state index in [4.69, 9.17) is 0 Å². The van der Waals surface area contributed by atoms with Gasteiger partial charge in [0, 0.05) is 29.2 Å². The molecule has 1 fully saturated rings. The van der Waals surface area contributed by atoms with E-state index < -0.39 is 9.84 Å². The standard InChI is InChI=1S/C17H19N3O3S/c1-12-16(5-6-17(21)14-4-3-8-18-10-14)13(2)20(19-12)15-7-9-24(22,23)11-15/h3-6,8,10,15H,7,9,11H2,1-2H3/b6-5+/t15-/m0/s1. The maximum Gasteiger partial charge on any atom is 0.187 e. The third-order valence-corrected chi connectivity index (χ3v) is 6.03. The van der Waals surface area contributed by atoms with Gasteiger partial charge in [0.2, 0.25) is 0 Å². The zero-order chi connectivity index (χ0) is 17.3. The van der Waals surface area contributed by atoms with Gasteiger partial charge in [0.1, 0.15) is 0 Å². The van der Waals surface area contributed by atoms with Gasteiger partial charge in [-0.15, -0.1) is 0 Å². The summed E-state index contributed by atoms with van der Waals surface area (Å²) in [6.45, 7) is 3.76. The molecule has 7 heteroatoms. The molecule has 0 spiro atoms. The predicted octanol–water partition coefficient (Wildman–Crippen LogP) is 2.15. The summed E-state index contributed by atoms with van der Waals surface area (Å²) in [5, 5.41) is 4.49. The monoisotopic (exact) mass is 345 g/mol. The van der Waals surface area contributed by atoms with Crippen LogP contribution in [0, 0.1) is 13.8 Å². The summed E-state index contributed by atoms with van der Waals surface area (Å²) in [5.41, 5.74) is 3.05. The van der Waals surface area contributed by atoms with Crippen molar-refractivity contribution in [2.45, 2.75) is 26.3 Å². The molecule has 1 aliphatic heterocycles. The molecule has 1 aliphatic rings. The number of hydrogen-bond acceptors (Lipinski definition) is 5. The molecular formula is C17H19N3O3S. The molecule has 2 aromatic heterocycles. The van der Waals surface area contributed by atoms with Crippen LogP contribution in [0.1, 0.15) is 39.8 Å². The van der Waals surface area contributed by atoms with Crippen molar-refractivity contribution < 1.29 is 13.2 Å². The van der Waals surface area contributed by atoms with Crippen LogP contribution in [0.3, 0.4) is 0 Å². The quantitative estimate of drug-likeness (QED) is 0.626. The molecule has 6 nitrogen and oxygen atoms in total. The van der Waals surface area contributed by atoms with Gasteiger partial charge in [-0.3, -0.25) is 14.5 Å². The van der Waals surface area contributed by atoms with Crippen LogP contribution in [0.2, 0.25) is 0 Å². The fourth-order valence-electron chi connectivity index (χ4n) is 3.00. The Morgan fingerprint density at radius 3 is 2.79 bits per heavy atom. The third-order valence-electron chi connectivity index (χ3n) is 4.28. The second-order valence-corrected chi connectivity index (χ2v) is 8.25. The second kappa shape index (κ2) is 6.32. The van der Waals surface area contributed by atoms with Gasteiger partial charge in [-0.2, -0.15) is 5.10 Å². The molecule has 126 valence electrons. The van der Waals surface area contributed by atoms with E-state index in [2.05, 4.69) is 10.1 Å². The molecule has 3 heterocycles. The van der Waals surface area contributed by atoms with E-state index in [1.165, 1.54) is 12.3 Å². The van der Waals surface area contributed by atoms with Crippen molar-refractivity contribution in [3.8, 4) is 0 Å². The number of pyridine rings is 1. The number of carbonyl (C=O) groups is 1. The van der Waals surface area contributed by atoms with Gasteiger partial charge < -0.3 is 0 Å². The van der Waals surface area contributed by atoms with E-state index in [-0.39, 0.29) is 23.3 Å². The molecule has 0 aliphatic carbocycles. The zero-order valence-corrected chi connectivity index (χ0v) is 14.5. The Morgan fingerprint density at radius 2 is 2.17 bits per heavy atom. The van der Waals surface area contributed by atoms with Crippen molar-refractivity contribution in [2.24, 2.45) is 0 Å². The van der Waals surface area contributed by atoms with Crippen LogP contribution in [-0.2, 0) is 9.84 Å². The molecular weight excluding hydrogens is 326 g/mol. The average Bonchev–Trinajstić information content (AvgIpc) is 3.05. The van der Waals surface area contributed by atoms with Crippen molar-refractivity contribution in [1.82, 2.24) is 14.8 Å². The van der Waals surface area contributed by atoms with E-state index in [1.54, 1.807) is 29.1 Å². The minimum Gasteiger partial charge on any atom is -0.289 e. The first kappa shape index (κ1) is 16.6. The molecule has 0 bridgehead atoms. The Labute approximate surface area is 141 Å². The summed E-state index contributed by atoms with van der Waals surface area (Å²) >= 11 is 0. The molecule has 0 aromatic carbocycles. The third kappa shape index (κ3) is 3.31. The van der Waals surface area contributed by atoms with Crippen LogP contribution in [0.4, 0.5) is 0 Å². The molecule has 0 saturated carbocycles. The van der Waals surface area contributed by atoms with Crippen LogP contribution < -0.4 is 0 Å². The largest absolute Gasteiger partial charge is 0.289 e. The fourth-order valence-corrected chi connectivity index (χ4v) is 4.70. The van der Waals surface area contributed by atoms with E-state index in [0.717, 1.165) is 17.0 Å². The summed E-state index contributed by atoms with van der Waals surface area (Å²) in [4.78, 5) is 16.1. The summed E-state index contributed by atoms with van der Waals surface area (Å²) in [5.74, 6) is 0.214. The smallest absolute Gasteiger partial charge is 0.187 e. The summed E-state index contributed by atoms with van der Waals surface area (Å²) in [6, 6.07) is 3.31. The van der Waals surface area contributed by atoms with E-state index in [0.29, 0.717) is 12.0 Å². The van der Waals surface area contributed by atoms with E-state index in [9.17, 15) is 13.2 Å². The number of ketones is 1. The Morgan fingerprint density at radius 1 is 1.38 bits per heavy atom. The Bertz CT molecular complexity index is 899. The first-order valence-electron chi connectivity index (χ1n) is 7.76. The van der Waals surface area contributed by atoms with Gasteiger partial charge in [-0.25, -0.2) is 8.42 Å². The van der Waals surface area contributed by atoms with Crippen LogP contribution in [0.5, 0.6) is 0 Å². The van der Waals surface area contributed by atoms with E-state index in [1.807, 2.05) is 13.8 Å². The van der Waals surface area contributed by atoms with Crippen molar-refractivity contribution in [3.05, 3.63) is 53.1 Å². The van der Waals surface area contributed by atoms with Crippen molar-refractivity contribution >= 4 is 21.7 Å². The van der Waals surface area contributed by atoms with Gasteiger partial charge in [0.15, 0.2) is 15.6 Å². The van der Waals surface area contributed by atoms with Gasteiger partial charge in [0.25, 0.3) is 0 Å². The fraction of sp³-hybridized carbons (Fsp3) is 0.353.